The number of urea groups is 1. The van der Waals surface area contributed by atoms with E-state index in [2.05, 4.69) is 22.5 Å². The molecule has 0 spiro atoms. The molecule has 3 N–H and O–H groups in total. The van der Waals surface area contributed by atoms with E-state index in [4.69, 9.17) is 5.11 Å². The van der Waals surface area contributed by atoms with E-state index >= 15 is 0 Å². The molecular weight excluding hydrogens is 240 g/mol. The number of benzene rings is 1. The Balaban J connectivity index is 1.82. The Morgan fingerprint density at radius 2 is 2.26 bits per heavy atom. The predicted molar refractivity (Wildman–Crippen MR) is 73.4 cm³/mol. The fourth-order valence-electron chi connectivity index (χ4n) is 1.87. The summed E-state index contributed by atoms with van der Waals surface area (Å²) in [4.78, 5) is 11.6. The molecule has 1 aliphatic carbocycles. The van der Waals surface area contributed by atoms with Crippen molar-refractivity contribution in [2.24, 2.45) is 0 Å². The van der Waals surface area contributed by atoms with Crippen molar-refractivity contribution < 1.29 is 9.90 Å². The third-order valence-electron chi connectivity index (χ3n) is 3.13. The minimum atomic E-state index is -0.147. The average molecular weight is 258 g/mol. The number of amides is 2. The van der Waals surface area contributed by atoms with E-state index in [-0.39, 0.29) is 12.6 Å². The Hall–Kier alpha value is -1.99. The van der Waals surface area contributed by atoms with Gasteiger partial charge in [0.2, 0.25) is 0 Å². The molecule has 4 nitrogen and oxygen atoms in total. The summed E-state index contributed by atoms with van der Waals surface area (Å²) in [7, 11) is 0. The van der Waals surface area contributed by atoms with Gasteiger partial charge in [0.05, 0.1) is 0 Å². The van der Waals surface area contributed by atoms with Crippen LogP contribution in [-0.2, 0) is 6.54 Å². The maximum absolute atomic E-state index is 11.6. The molecular formula is C15H18N2O2. The van der Waals surface area contributed by atoms with Crippen LogP contribution in [0.25, 0.3) is 0 Å². The van der Waals surface area contributed by atoms with Crippen molar-refractivity contribution in [2.45, 2.75) is 31.8 Å². The summed E-state index contributed by atoms with van der Waals surface area (Å²) in [6, 6.07) is 7.85. The molecule has 1 saturated carbocycles. The van der Waals surface area contributed by atoms with Gasteiger partial charge in [-0.15, -0.1) is 0 Å². The van der Waals surface area contributed by atoms with E-state index in [0.29, 0.717) is 12.6 Å². The van der Waals surface area contributed by atoms with E-state index < -0.39 is 0 Å². The van der Waals surface area contributed by atoms with Crippen molar-refractivity contribution in [1.29, 1.82) is 0 Å². The monoisotopic (exact) mass is 258 g/mol. The molecule has 1 fully saturated rings. The molecule has 2 amide bonds. The fourth-order valence-corrected chi connectivity index (χ4v) is 1.87. The number of aliphatic hydroxyl groups is 1. The minimum Gasteiger partial charge on any atom is -0.384 e. The number of rotatable bonds is 3. The van der Waals surface area contributed by atoms with Crippen LogP contribution in [0, 0.1) is 11.8 Å². The number of carbonyl (C=O) groups is 1. The first-order valence-electron chi connectivity index (χ1n) is 6.51. The zero-order valence-electron chi connectivity index (χ0n) is 10.8. The highest BCUT2D eigenvalue weighted by Gasteiger charge is 2.18. The standard InChI is InChI=1S/C15H18N2O2/c18-9-3-6-12-4-1-5-13(10-12)11-16-15(19)17-14-7-2-8-14/h1,4-5,10,14,18H,2,7-9,11H2,(H2,16,17,19). The van der Waals surface area contributed by atoms with Gasteiger partial charge in [0, 0.05) is 18.2 Å². The molecule has 0 heterocycles. The van der Waals surface area contributed by atoms with Gasteiger partial charge in [0.25, 0.3) is 0 Å². The van der Waals surface area contributed by atoms with E-state index in [0.717, 1.165) is 24.0 Å². The molecule has 0 atom stereocenters. The summed E-state index contributed by atoms with van der Waals surface area (Å²) in [5.41, 5.74) is 1.83. The minimum absolute atomic E-state index is 0.114. The number of carbonyl (C=O) groups excluding carboxylic acids is 1. The molecule has 0 saturated heterocycles. The number of hydrogen-bond donors (Lipinski definition) is 3. The predicted octanol–water partition coefficient (Wildman–Crippen LogP) is 1.38. The van der Waals surface area contributed by atoms with Gasteiger partial charge in [-0.1, -0.05) is 24.0 Å². The van der Waals surface area contributed by atoms with E-state index in [1.54, 1.807) is 0 Å². The van der Waals surface area contributed by atoms with Crippen LogP contribution in [0.2, 0.25) is 0 Å². The molecule has 0 aromatic heterocycles. The molecule has 0 radical (unpaired) electrons. The summed E-state index contributed by atoms with van der Waals surface area (Å²) in [6.45, 7) is 0.333. The highest BCUT2D eigenvalue weighted by atomic mass is 16.2. The summed E-state index contributed by atoms with van der Waals surface area (Å²) >= 11 is 0. The van der Waals surface area contributed by atoms with Gasteiger partial charge in [-0.2, -0.15) is 0 Å². The molecule has 1 aliphatic rings. The van der Waals surface area contributed by atoms with Gasteiger partial charge in [0.15, 0.2) is 0 Å². The highest BCUT2D eigenvalue weighted by molar-refractivity contribution is 5.74. The third-order valence-corrected chi connectivity index (χ3v) is 3.13. The van der Waals surface area contributed by atoms with Gasteiger partial charge in [0.1, 0.15) is 6.61 Å². The smallest absolute Gasteiger partial charge is 0.315 e. The Morgan fingerprint density at radius 1 is 1.42 bits per heavy atom. The number of nitrogens with one attached hydrogen (secondary N) is 2. The fraction of sp³-hybridized carbons (Fsp3) is 0.400. The van der Waals surface area contributed by atoms with Crippen molar-refractivity contribution in [1.82, 2.24) is 10.6 Å². The van der Waals surface area contributed by atoms with Crippen LogP contribution >= 0.6 is 0 Å². The lowest BCUT2D eigenvalue weighted by molar-refractivity contribution is 0.228. The second-order valence-electron chi connectivity index (χ2n) is 4.62. The Morgan fingerprint density at radius 3 is 2.95 bits per heavy atom. The Labute approximate surface area is 113 Å². The van der Waals surface area contributed by atoms with Crippen LogP contribution in [-0.4, -0.2) is 23.8 Å². The van der Waals surface area contributed by atoms with Crippen molar-refractivity contribution in [3.05, 3.63) is 35.4 Å². The van der Waals surface area contributed by atoms with Crippen molar-refractivity contribution in [3.63, 3.8) is 0 Å². The van der Waals surface area contributed by atoms with Crippen molar-refractivity contribution >= 4 is 6.03 Å². The summed E-state index contributed by atoms with van der Waals surface area (Å²) in [5, 5.41) is 14.4. The SMILES string of the molecule is O=C(NCc1cccc(C#CCO)c1)NC1CCC1. The molecule has 19 heavy (non-hydrogen) atoms. The lowest BCUT2D eigenvalue weighted by atomic mass is 9.93. The Bertz CT molecular complexity index is 498. The summed E-state index contributed by atoms with van der Waals surface area (Å²) in [5.74, 6) is 5.45. The largest absolute Gasteiger partial charge is 0.384 e. The second kappa shape index (κ2) is 6.81. The lowest BCUT2D eigenvalue weighted by Crippen LogP contribution is -2.44. The van der Waals surface area contributed by atoms with Crippen molar-refractivity contribution in [2.75, 3.05) is 6.61 Å². The molecule has 100 valence electrons. The van der Waals surface area contributed by atoms with Gasteiger partial charge in [-0.3, -0.25) is 0 Å². The van der Waals surface area contributed by atoms with Crippen LogP contribution in [0.3, 0.4) is 0 Å². The Kier molecular flexibility index (Phi) is 4.82. The molecule has 2 rings (SSSR count). The van der Waals surface area contributed by atoms with E-state index in [1.165, 1.54) is 6.42 Å². The number of hydrogen-bond acceptors (Lipinski definition) is 2. The average Bonchev–Trinajstić information content (AvgIpc) is 2.39. The van der Waals surface area contributed by atoms with E-state index in [9.17, 15) is 4.79 Å². The molecule has 0 unspecified atom stereocenters. The number of aliphatic hydroxyl groups excluding tert-OH is 1. The molecule has 1 aromatic carbocycles. The maximum atomic E-state index is 11.6. The summed E-state index contributed by atoms with van der Waals surface area (Å²) < 4.78 is 0. The topological polar surface area (TPSA) is 61.4 Å². The quantitative estimate of drug-likeness (QED) is 0.717. The van der Waals surface area contributed by atoms with Gasteiger partial charge in [-0.25, -0.2) is 4.79 Å². The molecule has 1 aromatic rings. The zero-order chi connectivity index (χ0) is 13.5. The van der Waals surface area contributed by atoms with Crippen molar-refractivity contribution in [3.8, 4) is 11.8 Å². The van der Waals surface area contributed by atoms with Gasteiger partial charge in [-0.05, 0) is 37.0 Å². The van der Waals surface area contributed by atoms with Crippen LogP contribution < -0.4 is 10.6 Å². The van der Waals surface area contributed by atoms with Gasteiger partial charge >= 0.3 is 6.03 Å². The molecule has 4 heteroatoms. The molecule has 0 bridgehead atoms. The first-order valence-corrected chi connectivity index (χ1v) is 6.51. The normalized spacial score (nSPS) is 13.9. The first kappa shape index (κ1) is 13.4. The maximum Gasteiger partial charge on any atom is 0.315 e. The summed E-state index contributed by atoms with van der Waals surface area (Å²) in [6.07, 6.45) is 3.37. The van der Waals surface area contributed by atoms with Crippen LogP contribution in [0.15, 0.2) is 24.3 Å². The van der Waals surface area contributed by atoms with Crippen LogP contribution in [0.5, 0.6) is 0 Å². The van der Waals surface area contributed by atoms with Crippen LogP contribution in [0.4, 0.5) is 4.79 Å². The molecule has 0 aliphatic heterocycles. The van der Waals surface area contributed by atoms with E-state index in [1.807, 2.05) is 24.3 Å². The zero-order valence-corrected chi connectivity index (χ0v) is 10.8. The lowest BCUT2D eigenvalue weighted by Gasteiger charge is -2.26. The second-order valence-corrected chi connectivity index (χ2v) is 4.62. The third kappa shape index (κ3) is 4.31. The highest BCUT2D eigenvalue weighted by Crippen LogP contribution is 2.17. The van der Waals surface area contributed by atoms with Crippen LogP contribution in [0.1, 0.15) is 30.4 Å². The first-order chi connectivity index (χ1) is 9.28. The van der Waals surface area contributed by atoms with Gasteiger partial charge < -0.3 is 15.7 Å².